The Hall–Kier alpha value is -0.250. The van der Waals surface area contributed by atoms with Gasteiger partial charge in [0.2, 0.25) is 0 Å². The number of fused-ring (bicyclic) bond motifs is 3. The molecule has 0 amide bonds. The Morgan fingerprint density at radius 2 is 2.07 bits per heavy atom. The Bertz CT molecular complexity index is 281. The lowest BCUT2D eigenvalue weighted by Gasteiger charge is -2.34. The minimum absolute atomic E-state index is 0.320. The average Bonchev–Trinajstić information content (AvgIpc) is 2.44. The van der Waals surface area contributed by atoms with Crippen LogP contribution in [0.5, 0.6) is 0 Å². The molecule has 1 saturated carbocycles. The number of hydrogen-bond donors (Lipinski definition) is 0. The molecule has 4 heteroatoms. The van der Waals surface area contributed by atoms with Gasteiger partial charge in [-0.15, -0.1) is 0 Å². The van der Waals surface area contributed by atoms with Gasteiger partial charge in [-0.05, 0) is 12.8 Å². The Kier molecular flexibility index (Phi) is 1.47. The molecule has 3 aliphatic rings. The molecule has 0 N–H and O–H groups in total. The van der Waals surface area contributed by atoms with Crippen molar-refractivity contribution in [1.82, 2.24) is 4.90 Å². The van der Waals surface area contributed by atoms with Gasteiger partial charge in [0.05, 0.1) is 5.92 Å². The fourth-order valence-electron chi connectivity index (χ4n) is 3.75. The first-order valence-corrected chi connectivity index (χ1v) is 5.29. The predicted octanol–water partition coefficient (Wildman–Crippen LogP) is 2.07. The monoisotopic (exact) mass is 205 g/mol. The van der Waals surface area contributed by atoms with Crippen molar-refractivity contribution in [1.29, 1.82) is 0 Å². The first-order chi connectivity index (χ1) is 6.52. The minimum Gasteiger partial charge on any atom is -0.294 e. The van der Waals surface area contributed by atoms with Crippen LogP contribution in [0.1, 0.15) is 19.8 Å². The van der Waals surface area contributed by atoms with E-state index in [0.717, 1.165) is 0 Å². The van der Waals surface area contributed by atoms with Crippen molar-refractivity contribution in [3.8, 4) is 0 Å². The minimum atomic E-state index is -2.50. The lowest BCUT2D eigenvalue weighted by molar-refractivity contribution is 0.00694. The fourth-order valence-corrected chi connectivity index (χ4v) is 3.75. The summed E-state index contributed by atoms with van der Waals surface area (Å²) in [6, 6.07) is 0. The van der Waals surface area contributed by atoms with Gasteiger partial charge >= 0.3 is 0 Å². The lowest BCUT2D eigenvalue weighted by Crippen LogP contribution is -2.44. The Labute approximate surface area is 81.3 Å². The molecular formula is C10H14F3N. The quantitative estimate of drug-likeness (QED) is 0.633. The van der Waals surface area contributed by atoms with Crippen LogP contribution in [0.25, 0.3) is 0 Å². The number of piperidine rings is 1. The SMILES string of the molecule is CC[C@]12C[C@@H](F)CN1CC1C2C1(F)F. The number of alkyl halides is 3. The van der Waals surface area contributed by atoms with Crippen molar-refractivity contribution in [2.45, 2.75) is 37.4 Å². The van der Waals surface area contributed by atoms with Crippen molar-refractivity contribution in [2.75, 3.05) is 13.1 Å². The molecule has 1 nitrogen and oxygen atoms in total. The van der Waals surface area contributed by atoms with E-state index in [9.17, 15) is 13.2 Å². The molecule has 14 heavy (non-hydrogen) atoms. The van der Waals surface area contributed by atoms with Crippen molar-refractivity contribution in [3.63, 3.8) is 0 Å². The van der Waals surface area contributed by atoms with Crippen LogP contribution in [-0.4, -0.2) is 35.6 Å². The van der Waals surface area contributed by atoms with Gasteiger partial charge in [-0.2, -0.15) is 0 Å². The Morgan fingerprint density at radius 3 is 2.71 bits per heavy atom. The first kappa shape index (κ1) is 9.01. The summed E-state index contributed by atoms with van der Waals surface area (Å²) in [6.45, 7) is 2.69. The molecule has 1 aliphatic carbocycles. The van der Waals surface area contributed by atoms with Gasteiger partial charge in [-0.1, -0.05) is 6.92 Å². The highest BCUT2D eigenvalue weighted by molar-refractivity contribution is 5.26. The third-order valence-electron chi connectivity index (χ3n) is 4.43. The molecular weight excluding hydrogens is 191 g/mol. The zero-order valence-corrected chi connectivity index (χ0v) is 8.14. The van der Waals surface area contributed by atoms with E-state index < -0.39 is 29.5 Å². The topological polar surface area (TPSA) is 3.24 Å². The number of nitrogens with zero attached hydrogens (tertiary/aromatic N) is 1. The molecule has 0 spiro atoms. The first-order valence-electron chi connectivity index (χ1n) is 5.29. The molecule has 0 aromatic heterocycles. The van der Waals surface area contributed by atoms with E-state index in [1.807, 2.05) is 11.8 Å². The van der Waals surface area contributed by atoms with Crippen LogP contribution in [0.3, 0.4) is 0 Å². The van der Waals surface area contributed by atoms with E-state index in [2.05, 4.69) is 0 Å². The van der Waals surface area contributed by atoms with Crippen LogP contribution >= 0.6 is 0 Å². The standard InChI is InChI=1S/C10H14F3N/c1-2-9-3-6(11)4-14(9)5-7-8(9)10(7,12)13/h6-8H,2-5H2,1H3/t6-,7?,8?,9-/m1/s1. The zero-order valence-electron chi connectivity index (χ0n) is 8.14. The van der Waals surface area contributed by atoms with Gasteiger partial charge in [0.1, 0.15) is 6.17 Å². The summed E-state index contributed by atoms with van der Waals surface area (Å²) in [5, 5.41) is 0. The normalized spacial score (nSPS) is 54.4. The Balaban J connectivity index is 1.94. The van der Waals surface area contributed by atoms with Crippen LogP contribution in [0.4, 0.5) is 13.2 Å². The number of rotatable bonds is 1. The molecule has 2 heterocycles. The van der Waals surface area contributed by atoms with Crippen molar-refractivity contribution < 1.29 is 13.2 Å². The van der Waals surface area contributed by atoms with Crippen molar-refractivity contribution >= 4 is 0 Å². The zero-order chi connectivity index (χ0) is 10.1. The van der Waals surface area contributed by atoms with E-state index in [-0.39, 0.29) is 0 Å². The highest BCUT2D eigenvalue weighted by atomic mass is 19.3. The van der Waals surface area contributed by atoms with E-state index in [4.69, 9.17) is 0 Å². The molecule has 4 atom stereocenters. The maximum Gasteiger partial charge on any atom is 0.257 e. The number of hydrogen-bond acceptors (Lipinski definition) is 1. The highest BCUT2D eigenvalue weighted by Gasteiger charge is 2.81. The van der Waals surface area contributed by atoms with Gasteiger partial charge in [0.25, 0.3) is 5.92 Å². The summed E-state index contributed by atoms with van der Waals surface area (Å²) < 4.78 is 39.8. The molecule has 2 aliphatic heterocycles. The smallest absolute Gasteiger partial charge is 0.257 e. The van der Waals surface area contributed by atoms with Crippen LogP contribution in [0, 0.1) is 11.8 Å². The second-order valence-corrected chi connectivity index (χ2v) is 4.92. The summed E-state index contributed by atoms with van der Waals surface area (Å²) in [5.74, 6) is -3.54. The van der Waals surface area contributed by atoms with Crippen LogP contribution in [0.15, 0.2) is 0 Å². The van der Waals surface area contributed by atoms with E-state index in [1.165, 1.54) is 0 Å². The van der Waals surface area contributed by atoms with Gasteiger partial charge in [0.15, 0.2) is 0 Å². The van der Waals surface area contributed by atoms with E-state index in [0.29, 0.717) is 25.9 Å². The summed E-state index contributed by atoms with van der Waals surface area (Å²) in [6.07, 6.45) is 0.0806. The third-order valence-corrected chi connectivity index (χ3v) is 4.43. The Morgan fingerprint density at radius 1 is 1.36 bits per heavy atom. The average molecular weight is 205 g/mol. The largest absolute Gasteiger partial charge is 0.294 e. The molecule has 2 saturated heterocycles. The van der Waals surface area contributed by atoms with Gasteiger partial charge < -0.3 is 0 Å². The van der Waals surface area contributed by atoms with Gasteiger partial charge in [-0.3, -0.25) is 4.90 Å². The molecule has 0 radical (unpaired) electrons. The molecule has 3 rings (SSSR count). The molecule has 3 fully saturated rings. The summed E-state index contributed by atoms with van der Waals surface area (Å²) >= 11 is 0. The highest BCUT2D eigenvalue weighted by Crippen LogP contribution is 2.69. The van der Waals surface area contributed by atoms with Crippen LogP contribution in [-0.2, 0) is 0 Å². The fraction of sp³-hybridized carbons (Fsp3) is 1.00. The molecule has 0 aromatic rings. The molecule has 0 bridgehead atoms. The molecule has 2 unspecified atom stereocenters. The second-order valence-electron chi connectivity index (χ2n) is 4.92. The number of halogens is 3. The van der Waals surface area contributed by atoms with Gasteiger partial charge in [0, 0.05) is 24.5 Å². The summed E-state index contributed by atoms with van der Waals surface area (Å²) in [5.41, 5.74) is -0.506. The van der Waals surface area contributed by atoms with E-state index >= 15 is 0 Å². The lowest BCUT2D eigenvalue weighted by atomic mass is 9.88. The van der Waals surface area contributed by atoms with Crippen molar-refractivity contribution in [3.05, 3.63) is 0 Å². The van der Waals surface area contributed by atoms with E-state index in [1.54, 1.807) is 0 Å². The van der Waals surface area contributed by atoms with Crippen LogP contribution < -0.4 is 0 Å². The van der Waals surface area contributed by atoms with Crippen LogP contribution in [0.2, 0.25) is 0 Å². The van der Waals surface area contributed by atoms with Gasteiger partial charge in [-0.25, -0.2) is 13.2 Å². The maximum absolute atomic E-state index is 13.3. The predicted molar refractivity (Wildman–Crippen MR) is 46.0 cm³/mol. The second kappa shape index (κ2) is 2.29. The maximum atomic E-state index is 13.3. The summed E-state index contributed by atoms with van der Waals surface area (Å²) in [4.78, 5) is 1.96. The third kappa shape index (κ3) is 0.779. The molecule has 80 valence electrons. The van der Waals surface area contributed by atoms with Crippen molar-refractivity contribution in [2.24, 2.45) is 11.8 Å². The molecule has 0 aromatic carbocycles. The summed E-state index contributed by atoms with van der Waals surface area (Å²) in [7, 11) is 0.